The van der Waals surface area contributed by atoms with E-state index < -0.39 is 29.6 Å². The number of nitrogens with zero attached hydrogens (tertiary/aromatic N) is 2. The van der Waals surface area contributed by atoms with Crippen molar-refractivity contribution in [3.05, 3.63) is 180 Å². The van der Waals surface area contributed by atoms with Crippen molar-refractivity contribution in [2.24, 2.45) is 0 Å². The number of hydrogen-bond donors (Lipinski definition) is 2. The minimum atomic E-state index is -4.64. The van der Waals surface area contributed by atoms with Gasteiger partial charge in [-0.15, -0.1) is 0 Å². The van der Waals surface area contributed by atoms with Gasteiger partial charge in [-0.05, 0) is 65.7 Å². The van der Waals surface area contributed by atoms with Crippen LogP contribution in [0.4, 0.5) is 13.2 Å². The van der Waals surface area contributed by atoms with Crippen molar-refractivity contribution < 1.29 is 52.0 Å². The Kier molecular flexibility index (Phi) is 11.6. The van der Waals surface area contributed by atoms with Gasteiger partial charge >= 0.3 is 18.1 Å². The lowest BCUT2D eigenvalue weighted by Crippen LogP contribution is -2.19. The number of carboxylic acids is 2. The summed E-state index contributed by atoms with van der Waals surface area (Å²) in [7, 11) is 3.08. The van der Waals surface area contributed by atoms with E-state index in [-0.39, 0.29) is 40.4 Å². The first kappa shape index (κ1) is 41.2. The first-order chi connectivity index (χ1) is 29.3. The predicted octanol–water partition coefficient (Wildman–Crippen LogP) is 10.6. The van der Waals surface area contributed by atoms with Crippen LogP contribution in [0.25, 0.3) is 44.1 Å². The van der Waals surface area contributed by atoms with E-state index in [4.69, 9.17) is 9.47 Å². The average Bonchev–Trinajstić information content (AvgIpc) is 3.80. The molecule has 0 aliphatic carbocycles. The van der Waals surface area contributed by atoms with E-state index >= 15 is 0 Å². The molecule has 0 unspecified atom stereocenters. The molecule has 0 radical (unpaired) electrons. The van der Waals surface area contributed by atoms with Crippen LogP contribution in [-0.2, 0) is 12.7 Å². The fourth-order valence-corrected chi connectivity index (χ4v) is 7.26. The predicted molar refractivity (Wildman–Crippen MR) is 224 cm³/mol. The van der Waals surface area contributed by atoms with Gasteiger partial charge in [-0.3, -0.25) is 14.2 Å². The molecule has 0 bridgehead atoms. The fourth-order valence-electron chi connectivity index (χ4n) is 7.26. The summed E-state index contributed by atoms with van der Waals surface area (Å²) in [6, 6.07) is 40.7. The summed E-state index contributed by atoms with van der Waals surface area (Å²) in [6.45, 7) is -0.0533. The largest absolute Gasteiger partial charge is 0.497 e. The zero-order valence-corrected chi connectivity index (χ0v) is 32.5. The lowest BCUT2D eigenvalue weighted by atomic mass is 10.0. The number of hydrogen-bond acceptors (Lipinski definition) is 6. The third-order valence-electron chi connectivity index (χ3n) is 10.0. The Morgan fingerprint density at radius 3 is 1.56 bits per heavy atom. The highest BCUT2D eigenvalue weighted by Gasteiger charge is 2.33. The summed E-state index contributed by atoms with van der Waals surface area (Å²) in [4.78, 5) is 50.7. The van der Waals surface area contributed by atoms with E-state index in [2.05, 4.69) is 0 Å². The standard InChI is InChI=1S/C24H16F3NO4.C24H19NO4/c1-32-17-11-9-14(10-12-17)20-18-7-2-3-8-19(18)28(21(20)23(30)31)22(29)15-5-4-6-16(13-15)24(25,26)27;1-29-18-13-11-17(12-14-18)22-19-9-5-6-10-20(19)25(23(22)24(27)28)15-21(26)16-7-3-2-4-8-16/h2-13H,1H3,(H,30,31);2-14H,15H2,1H3,(H,27,28). The molecule has 0 aliphatic heterocycles. The van der Waals surface area contributed by atoms with E-state index in [1.54, 1.807) is 96.6 Å². The molecule has 0 fully saturated rings. The zero-order valence-electron chi connectivity index (χ0n) is 32.5. The summed E-state index contributed by atoms with van der Waals surface area (Å²) in [5.74, 6) is -2.22. The van der Waals surface area contributed by atoms with Gasteiger partial charge in [-0.25, -0.2) is 9.59 Å². The monoisotopic (exact) mass is 824 g/mol. The number of halogens is 3. The van der Waals surface area contributed by atoms with Gasteiger partial charge in [0.15, 0.2) is 5.78 Å². The van der Waals surface area contributed by atoms with Crippen LogP contribution >= 0.6 is 0 Å². The number of Topliss-reactive ketones (excluding diaryl/α,β-unsaturated/α-hetero) is 1. The Hall–Kier alpha value is -7.93. The van der Waals surface area contributed by atoms with Crippen molar-refractivity contribution in [1.29, 1.82) is 0 Å². The molecular formula is C48H35F3N2O8. The van der Waals surface area contributed by atoms with E-state index in [0.29, 0.717) is 39.1 Å². The van der Waals surface area contributed by atoms with E-state index in [9.17, 15) is 42.6 Å². The molecule has 2 N–H and O–H groups in total. The molecule has 13 heteroatoms. The van der Waals surface area contributed by atoms with Crippen LogP contribution in [0.1, 0.15) is 47.3 Å². The number of rotatable bonds is 10. The lowest BCUT2D eigenvalue weighted by Gasteiger charge is -2.11. The third kappa shape index (κ3) is 8.21. The first-order valence-electron chi connectivity index (χ1n) is 18.6. The van der Waals surface area contributed by atoms with E-state index in [1.807, 2.05) is 42.5 Å². The second-order valence-corrected chi connectivity index (χ2v) is 13.6. The number of ketones is 1. The average molecular weight is 825 g/mol. The number of carbonyl (C=O) groups excluding carboxylic acids is 2. The number of benzene rings is 6. The second-order valence-electron chi connectivity index (χ2n) is 13.6. The van der Waals surface area contributed by atoms with Crippen LogP contribution in [0.3, 0.4) is 0 Å². The van der Waals surface area contributed by atoms with Crippen molar-refractivity contribution in [1.82, 2.24) is 9.13 Å². The molecule has 10 nitrogen and oxygen atoms in total. The maximum atomic E-state index is 13.3. The Morgan fingerprint density at radius 1 is 0.557 bits per heavy atom. The number of carboxylic acid groups (broad SMARTS) is 2. The summed E-state index contributed by atoms with van der Waals surface area (Å²) in [6.07, 6.45) is -4.64. The summed E-state index contributed by atoms with van der Waals surface area (Å²) < 4.78 is 52.4. The van der Waals surface area contributed by atoms with Crippen molar-refractivity contribution >= 4 is 45.4 Å². The molecule has 2 heterocycles. The summed E-state index contributed by atoms with van der Waals surface area (Å²) in [5, 5.41) is 21.3. The summed E-state index contributed by atoms with van der Waals surface area (Å²) in [5.41, 5.74) is 2.19. The Bertz CT molecular complexity index is 2930. The van der Waals surface area contributed by atoms with Gasteiger partial charge in [-0.1, -0.05) is 97.1 Å². The van der Waals surface area contributed by atoms with Crippen molar-refractivity contribution in [3.63, 3.8) is 0 Å². The molecule has 61 heavy (non-hydrogen) atoms. The van der Waals surface area contributed by atoms with Crippen LogP contribution in [-0.4, -0.2) is 57.2 Å². The van der Waals surface area contributed by atoms with Gasteiger partial charge in [0.1, 0.15) is 22.9 Å². The number of ether oxygens (including phenoxy) is 2. The van der Waals surface area contributed by atoms with Gasteiger partial charge in [-0.2, -0.15) is 13.2 Å². The van der Waals surface area contributed by atoms with E-state index in [0.717, 1.165) is 33.7 Å². The first-order valence-corrected chi connectivity index (χ1v) is 18.6. The number of aromatic nitrogens is 2. The molecule has 0 saturated heterocycles. The van der Waals surface area contributed by atoms with Gasteiger partial charge in [0, 0.05) is 38.5 Å². The highest BCUT2D eigenvalue weighted by molar-refractivity contribution is 6.15. The molecule has 0 atom stereocenters. The highest BCUT2D eigenvalue weighted by atomic mass is 19.4. The molecule has 0 aliphatic rings. The quantitative estimate of drug-likeness (QED) is 0.130. The Morgan fingerprint density at radius 2 is 1.03 bits per heavy atom. The molecule has 8 aromatic rings. The fraction of sp³-hybridized carbons (Fsp3) is 0.0833. The number of alkyl halides is 3. The van der Waals surface area contributed by atoms with Crippen LogP contribution < -0.4 is 9.47 Å². The van der Waals surface area contributed by atoms with Gasteiger partial charge in [0.05, 0.1) is 31.8 Å². The Labute approximate surface area is 346 Å². The van der Waals surface area contributed by atoms with Crippen molar-refractivity contribution in [2.75, 3.05) is 14.2 Å². The van der Waals surface area contributed by atoms with Gasteiger partial charge < -0.3 is 24.3 Å². The number of carbonyl (C=O) groups is 4. The maximum Gasteiger partial charge on any atom is 0.416 e. The molecule has 8 rings (SSSR count). The number of methoxy groups -OCH3 is 2. The topological polar surface area (TPSA) is 137 Å². The molecular weight excluding hydrogens is 790 g/mol. The maximum absolute atomic E-state index is 13.3. The minimum Gasteiger partial charge on any atom is -0.497 e. The minimum absolute atomic E-state index is 0.0533. The SMILES string of the molecule is COc1ccc(-c2c(C(=O)O)n(C(=O)c3cccc(C(F)(F)F)c3)c3ccccc23)cc1.COc1ccc(-c2c(C(=O)O)n(CC(=O)c3ccccc3)c3ccccc23)cc1. The molecule has 306 valence electrons. The third-order valence-corrected chi connectivity index (χ3v) is 10.0. The second kappa shape index (κ2) is 17.1. The molecule has 0 spiro atoms. The molecule has 0 saturated carbocycles. The lowest BCUT2D eigenvalue weighted by molar-refractivity contribution is -0.137. The van der Waals surface area contributed by atoms with E-state index in [1.165, 1.54) is 13.2 Å². The van der Waals surface area contributed by atoms with Crippen LogP contribution in [0.15, 0.2) is 152 Å². The van der Waals surface area contributed by atoms with Gasteiger partial charge in [0.25, 0.3) is 5.91 Å². The van der Waals surface area contributed by atoms with Crippen LogP contribution in [0, 0.1) is 0 Å². The van der Waals surface area contributed by atoms with Crippen molar-refractivity contribution in [3.8, 4) is 33.8 Å². The number of aromatic carboxylic acids is 2. The van der Waals surface area contributed by atoms with Crippen LogP contribution in [0.5, 0.6) is 11.5 Å². The van der Waals surface area contributed by atoms with Crippen LogP contribution in [0.2, 0.25) is 0 Å². The molecule has 2 aromatic heterocycles. The molecule has 6 aromatic carbocycles. The van der Waals surface area contributed by atoms with Crippen molar-refractivity contribution in [2.45, 2.75) is 12.7 Å². The smallest absolute Gasteiger partial charge is 0.416 e. The normalized spacial score (nSPS) is 11.2. The Balaban J connectivity index is 0.000000185. The number of fused-ring (bicyclic) bond motifs is 2. The zero-order chi connectivity index (χ0) is 43.4. The number of para-hydroxylation sites is 2. The molecule has 0 amide bonds. The van der Waals surface area contributed by atoms with Gasteiger partial charge in [0.2, 0.25) is 0 Å². The summed E-state index contributed by atoms with van der Waals surface area (Å²) >= 11 is 0. The highest BCUT2D eigenvalue weighted by Crippen LogP contribution is 2.38.